The first kappa shape index (κ1) is 15.9. The minimum Gasteiger partial charge on any atom is -0.371 e. The van der Waals surface area contributed by atoms with Gasteiger partial charge in [0, 0.05) is 14.7 Å². The predicted molar refractivity (Wildman–Crippen MR) is 92.9 cm³/mol. The smallest absolute Gasteiger partial charge is 0.104 e. The first-order valence-electron chi connectivity index (χ1n) is 7.39. The molecule has 2 nitrogen and oxygen atoms in total. The molecule has 0 radical (unpaired) electrons. The van der Waals surface area contributed by atoms with E-state index in [0.717, 1.165) is 6.61 Å². The van der Waals surface area contributed by atoms with Crippen molar-refractivity contribution in [2.24, 2.45) is 0 Å². The Morgan fingerprint density at radius 1 is 1.05 bits per heavy atom. The molecule has 1 saturated heterocycles. The molecule has 1 fully saturated rings. The van der Waals surface area contributed by atoms with Crippen LogP contribution in [0.2, 0.25) is 0 Å². The summed E-state index contributed by atoms with van der Waals surface area (Å²) in [5, 5.41) is 0. The number of hydrogen-bond acceptors (Lipinski definition) is 4. The third-order valence-electron chi connectivity index (χ3n) is 3.58. The highest BCUT2D eigenvalue weighted by Crippen LogP contribution is 2.30. The molecule has 0 spiro atoms. The highest BCUT2D eigenvalue weighted by Gasteiger charge is 2.23. The van der Waals surface area contributed by atoms with Gasteiger partial charge in [-0.1, -0.05) is 23.9 Å². The molecule has 1 aliphatic heterocycles. The molecule has 1 aliphatic rings. The molecule has 1 heterocycles. The van der Waals surface area contributed by atoms with Crippen molar-refractivity contribution in [3.8, 4) is 0 Å². The molecule has 0 saturated carbocycles. The number of ether oxygens (including phenoxy) is 2. The molecule has 2 aromatic carbocycles. The standard InChI is InChI=1S/C18H20O2S2/c1-13(19-11-15-12-20-15)14-3-5-17(6-4-14)22-18-9-7-16(21-2)8-10-18/h3-10,13,15H,11-12H2,1-2H3. The van der Waals surface area contributed by atoms with E-state index in [1.165, 1.54) is 20.2 Å². The van der Waals surface area contributed by atoms with Crippen LogP contribution >= 0.6 is 23.5 Å². The van der Waals surface area contributed by atoms with Gasteiger partial charge in [-0.15, -0.1) is 11.8 Å². The van der Waals surface area contributed by atoms with E-state index in [-0.39, 0.29) is 6.10 Å². The summed E-state index contributed by atoms with van der Waals surface area (Å²) in [6.45, 7) is 3.63. The molecule has 0 aliphatic carbocycles. The van der Waals surface area contributed by atoms with Gasteiger partial charge in [-0.2, -0.15) is 0 Å². The summed E-state index contributed by atoms with van der Waals surface area (Å²) in [4.78, 5) is 3.81. The topological polar surface area (TPSA) is 21.8 Å². The molecule has 2 aromatic rings. The van der Waals surface area contributed by atoms with Gasteiger partial charge in [0.05, 0.1) is 19.3 Å². The fraction of sp³-hybridized carbons (Fsp3) is 0.333. The zero-order valence-corrected chi connectivity index (χ0v) is 14.5. The maximum Gasteiger partial charge on any atom is 0.104 e. The van der Waals surface area contributed by atoms with Crippen LogP contribution in [0.15, 0.2) is 63.2 Å². The number of benzene rings is 2. The van der Waals surface area contributed by atoms with Gasteiger partial charge in [0.25, 0.3) is 0 Å². The maximum atomic E-state index is 5.80. The van der Waals surface area contributed by atoms with Crippen molar-refractivity contribution in [2.75, 3.05) is 19.5 Å². The fourth-order valence-corrected chi connectivity index (χ4v) is 3.32. The van der Waals surface area contributed by atoms with Crippen molar-refractivity contribution in [1.29, 1.82) is 0 Å². The third-order valence-corrected chi connectivity index (χ3v) is 5.34. The van der Waals surface area contributed by atoms with Crippen LogP contribution in [0.3, 0.4) is 0 Å². The Bertz CT molecular complexity index is 591. The largest absolute Gasteiger partial charge is 0.371 e. The van der Waals surface area contributed by atoms with Crippen LogP contribution in [0.25, 0.3) is 0 Å². The number of hydrogen-bond donors (Lipinski definition) is 0. The monoisotopic (exact) mass is 332 g/mol. The zero-order valence-electron chi connectivity index (χ0n) is 12.8. The zero-order chi connectivity index (χ0) is 15.4. The minimum atomic E-state index is 0.115. The van der Waals surface area contributed by atoms with Gasteiger partial charge >= 0.3 is 0 Å². The normalized spacial score (nSPS) is 18.2. The van der Waals surface area contributed by atoms with E-state index in [1.54, 1.807) is 23.5 Å². The van der Waals surface area contributed by atoms with Crippen LogP contribution in [0.5, 0.6) is 0 Å². The second kappa shape index (κ2) is 7.55. The lowest BCUT2D eigenvalue weighted by Gasteiger charge is -2.13. The maximum absolute atomic E-state index is 5.80. The number of epoxide rings is 1. The van der Waals surface area contributed by atoms with Gasteiger partial charge in [0.15, 0.2) is 0 Å². The Balaban J connectivity index is 1.57. The Morgan fingerprint density at radius 2 is 1.59 bits per heavy atom. The number of thioether (sulfide) groups is 1. The molecular weight excluding hydrogens is 312 g/mol. The van der Waals surface area contributed by atoms with Crippen LogP contribution in [-0.2, 0) is 9.47 Å². The quantitative estimate of drug-likeness (QED) is 0.523. The molecule has 0 amide bonds. The van der Waals surface area contributed by atoms with Crippen LogP contribution in [-0.4, -0.2) is 25.6 Å². The predicted octanol–water partition coefficient (Wildman–Crippen LogP) is 5.04. The molecular formula is C18H20O2S2. The van der Waals surface area contributed by atoms with E-state index in [4.69, 9.17) is 9.47 Å². The van der Waals surface area contributed by atoms with Crippen LogP contribution in [0, 0.1) is 0 Å². The Morgan fingerprint density at radius 3 is 2.14 bits per heavy atom. The van der Waals surface area contributed by atoms with Gasteiger partial charge in [-0.05, 0) is 55.1 Å². The summed E-state index contributed by atoms with van der Waals surface area (Å²) in [5.41, 5.74) is 1.21. The van der Waals surface area contributed by atoms with E-state index in [0.29, 0.717) is 12.7 Å². The molecule has 0 N–H and O–H groups in total. The van der Waals surface area contributed by atoms with E-state index in [9.17, 15) is 0 Å². The SMILES string of the molecule is CSc1ccc(Sc2ccc(C(C)OCC3CO3)cc2)cc1. The molecule has 2 unspecified atom stereocenters. The average Bonchev–Trinajstić information content (AvgIpc) is 3.38. The summed E-state index contributed by atoms with van der Waals surface area (Å²) in [6.07, 6.45) is 2.53. The molecule has 3 rings (SSSR count). The molecule has 4 heteroatoms. The van der Waals surface area contributed by atoms with Gasteiger partial charge in [-0.25, -0.2) is 0 Å². The van der Waals surface area contributed by atoms with E-state index >= 15 is 0 Å². The van der Waals surface area contributed by atoms with E-state index in [1.807, 2.05) is 0 Å². The van der Waals surface area contributed by atoms with E-state index in [2.05, 4.69) is 61.7 Å². The van der Waals surface area contributed by atoms with Crippen molar-refractivity contribution in [2.45, 2.75) is 33.8 Å². The Kier molecular flexibility index (Phi) is 5.47. The summed E-state index contributed by atoms with van der Waals surface area (Å²) in [6, 6.07) is 17.3. The van der Waals surface area contributed by atoms with Gasteiger partial charge in [-0.3, -0.25) is 0 Å². The summed E-state index contributed by atoms with van der Waals surface area (Å²) < 4.78 is 11.0. The van der Waals surface area contributed by atoms with Crippen molar-refractivity contribution in [1.82, 2.24) is 0 Å². The fourth-order valence-electron chi connectivity index (χ4n) is 2.10. The lowest BCUT2D eigenvalue weighted by atomic mass is 10.1. The first-order valence-corrected chi connectivity index (χ1v) is 9.44. The lowest BCUT2D eigenvalue weighted by Crippen LogP contribution is -2.05. The van der Waals surface area contributed by atoms with Gasteiger partial charge in [0.1, 0.15) is 6.10 Å². The van der Waals surface area contributed by atoms with E-state index < -0.39 is 0 Å². The second-order valence-electron chi connectivity index (χ2n) is 5.28. The van der Waals surface area contributed by atoms with Crippen molar-refractivity contribution in [3.05, 3.63) is 54.1 Å². The summed E-state index contributed by atoms with van der Waals surface area (Å²) in [5.74, 6) is 0. The molecule has 22 heavy (non-hydrogen) atoms. The highest BCUT2D eigenvalue weighted by molar-refractivity contribution is 7.99. The molecule has 0 aromatic heterocycles. The first-order chi connectivity index (χ1) is 10.7. The number of rotatable bonds is 7. The summed E-state index contributed by atoms with van der Waals surface area (Å²) >= 11 is 3.55. The van der Waals surface area contributed by atoms with Crippen LogP contribution < -0.4 is 0 Å². The van der Waals surface area contributed by atoms with Gasteiger partial charge in [0.2, 0.25) is 0 Å². The highest BCUT2D eigenvalue weighted by atomic mass is 32.2. The average molecular weight is 332 g/mol. The molecule has 116 valence electrons. The molecule has 0 bridgehead atoms. The van der Waals surface area contributed by atoms with Gasteiger partial charge < -0.3 is 9.47 Å². The van der Waals surface area contributed by atoms with Crippen molar-refractivity contribution in [3.63, 3.8) is 0 Å². The Hall–Kier alpha value is -0.940. The molecule has 2 atom stereocenters. The van der Waals surface area contributed by atoms with Crippen LogP contribution in [0.1, 0.15) is 18.6 Å². The second-order valence-corrected chi connectivity index (χ2v) is 7.30. The van der Waals surface area contributed by atoms with Crippen molar-refractivity contribution >= 4 is 23.5 Å². The van der Waals surface area contributed by atoms with Crippen molar-refractivity contribution < 1.29 is 9.47 Å². The minimum absolute atomic E-state index is 0.115. The Labute approximate surface area is 140 Å². The van der Waals surface area contributed by atoms with Crippen LogP contribution in [0.4, 0.5) is 0 Å². The third kappa shape index (κ3) is 4.53. The summed E-state index contributed by atoms with van der Waals surface area (Å²) in [7, 11) is 0. The lowest BCUT2D eigenvalue weighted by molar-refractivity contribution is 0.0539.